The van der Waals surface area contributed by atoms with Crippen molar-refractivity contribution in [1.82, 2.24) is 29.6 Å². The minimum absolute atomic E-state index is 0.0146. The van der Waals surface area contributed by atoms with Gasteiger partial charge in [-0.1, -0.05) is 19.9 Å². The van der Waals surface area contributed by atoms with E-state index in [4.69, 9.17) is 9.84 Å². The van der Waals surface area contributed by atoms with E-state index in [1.54, 1.807) is 25.5 Å². The van der Waals surface area contributed by atoms with Gasteiger partial charge in [0.2, 0.25) is 15.9 Å². The Hall–Kier alpha value is -3.21. The highest BCUT2D eigenvalue weighted by molar-refractivity contribution is 7.88. The number of likely N-dealkylation sites (tertiary alicyclic amines) is 1. The number of halogens is 3. The molecule has 1 saturated heterocycles. The number of sulfonamides is 1. The van der Waals surface area contributed by atoms with Gasteiger partial charge in [-0.2, -0.15) is 22.6 Å². The number of alkyl halides is 3. The van der Waals surface area contributed by atoms with Crippen LogP contribution >= 0.6 is 0 Å². The first-order valence-corrected chi connectivity index (χ1v) is 18.4. The molecule has 3 heterocycles. The third-order valence-corrected chi connectivity index (χ3v) is 9.73. The van der Waals surface area contributed by atoms with Crippen LogP contribution in [-0.2, 0) is 51.8 Å². The molecule has 0 aliphatic carbocycles. The number of benzene rings is 1. The number of ether oxygens (including phenoxy) is 1. The summed E-state index contributed by atoms with van der Waals surface area (Å²) in [6, 6.07) is 3.56. The van der Waals surface area contributed by atoms with Crippen LogP contribution in [0.1, 0.15) is 76.3 Å². The van der Waals surface area contributed by atoms with Gasteiger partial charge in [-0.25, -0.2) is 13.2 Å². The molecule has 0 spiro atoms. The molecule has 1 aromatic carbocycles. The Labute approximate surface area is 286 Å². The van der Waals surface area contributed by atoms with Crippen molar-refractivity contribution in [2.24, 2.45) is 5.92 Å². The number of nitrogens with zero attached hydrogens (tertiary/aromatic N) is 4. The van der Waals surface area contributed by atoms with Gasteiger partial charge in [-0.05, 0) is 57.2 Å². The van der Waals surface area contributed by atoms with Crippen molar-refractivity contribution in [1.29, 1.82) is 0 Å². The topological polar surface area (TPSA) is 146 Å². The summed E-state index contributed by atoms with van der Waals surface area (Å²) in [7, 11) is -3.57. The number of hydrogen-bond acceptors (Lipinski definition) is 8. The summed E-state index contributed by atoms with van der Waals surface area (Å²) in [6.07, 6.45) is -3.02. The van der Waals surface area contributed by atoms with Crippen LogP contribution in [0.15, 0.2) is 18.2 Å². The highest BCUT2D eigenvalue weighted by atomic mass is 32.2. The predicted molar refractivity (Wildman–Crippen MR) is 178 cm³/mol. The fraction of sp³-hybridized carbons (Fsp3) is 0.667. The Morgan fingerprint density at radius 3 is 2.37 bits per heavy atom. The standard InChI is InChI=1S/C33H49F3N6O6S/c1-21(2)15-29(44)37-17-23-16-22(7-8-27(23)33(34,35)36)30-26-20-41(49(6,46)47)14-11-28(26)42(39-30)19-25(43)18-40-12-9-24(10-13-40)38-31(45)48-32(3,4)5/h7-8,16,21,24-25,43H,9-15,17-20H2,1-6H3,(H,37,44)(H,38,45). The minimum atomic E-state index is -4.66. The van der Waals surface area contributed by atoms with E-state index in [0.717, 1.165) is 12.3 Å². The Morgan fingerprint density at radius 1 is 1.10 bits per heavy atom. The smallest absolute Gasteiger partial charge is 0.416 e. The molecule has 2 aliphatic heterocycles. The number of β-amino-alcohol motifs (C(OH)–C–C–N with tert-alkyl or cyclic N) is 1. The van der Waals surface area contributed by atoms with Crippen LogP contribution in [0.25, 0.3) is 11.3 Å². The van der Waals surface area contributed by atoms with Gasteiger partial charge in [0.1, 0.15) is 5.60 Å². The number of hydrogen-bond donors (Lipinski definition) is 3. The third-order valence-electron chi connectivity index (χ3n) is 8.48. The summed E-state index contributed by atoms with van der Waals surface area (Å²) >= 11 is 0. The second kappa shape index (κ2) is 15.4. The summed E-state index contributed by atoms with van der Waals surface area (Å²) in [5, 5.41) is 21.4. The lowest BCUT2D eigenvalue weighted by Gasteiger charge is -2.34. The number of alkyl carbamates (subject to hydrolysis) is 1. The van der Waals surface area contributed by atoms with Crippen molar-refractivity contribution in [3.63, 3.8) is 0 Å². The van der Waals surface area contributed by atoms with Crippen LogP contribution < -0.4 is 10.6 Å². The summed E-state index contributed by atoms with van der Waals surface area (Å²) in [5.41, 5.74) is 0.337. The van der Waals surface area contributed by atoms with Gasteiger partial charge >= 0.3 is 12.3 Å². The highest BCUT2D eigenvalue weighted by Crippen LogP contribution is 2.37. The maximum atomic E-state index is 14.0. The Bertz CT molecular complexity index is 1600. The number of aliphatic hydroxyl groups excluding tert-OH is 1. The second-order valence-corrected chi connectivity index (χ2v) is 16.4. The molecule has 0 bridgehead atoms. The molecular weight excluding hydrogens is 665 g/mol. The van der Waals surface area contributed by atoms with Gasteiger partial charge in [-0.3, -0.25) is 9.48 Å². The molecule has 4 rings (SSSR count). The van der Waals surface area contributed by atoms with E-state index in [2.05, 4.69) is 15.5 Å². The Kier molecular flexibility index (Phi) is 12.1. The van der Waals surface area contributed by atoms with Crippen LogP contribution in [-0.4, -0.2) is 94.7 Å². The number of aromatic nitrogens is 2. The van der Waals surface area contributed by atoms with E-state index in [9.17, 15) is 36.3 Å². The van der Waals surface area contributed by atoms with Gasteiger partial charge in [0.15, 0.2) is 0 Å². The number of carbonyl (C=O) groups excluding carboxylic acids is 2. The van der Waals surface area contributed by atoms with E-state index in [1.165, 1.54) is 16.4 Å². The number of nitrogens with one attached hydrogen (secondary N) is 2. The molecule has 1 unspecified atom stereocenters. The molecule has 49 heavy (non-hydrogen) atoms. The summed E-state index contributed by atoms with van der Waals surface area (Å²) in [4.78, 5) is 26.6. The van der Waals surface area contributed by atoms with Crippen LogP contribution in [0.3, 0.4) is 0 Å². The predicted octanol–water partition coefficient (Wildman–Crippen LogP) is 3.90. The average molecular weight is 715 g/mol. The van der Waals surface area contributed by atoms with E-state index in [0.29, 0.717) is 61.4 Å². The van der Waals surface area contributed by atoms with Gasteiger partial charge < -0.3 is 25.4 Å². The number of amides is 2. The van der Waals surface area contributed by atoms with Crippen LogP contribution in [0, 0.1) is 5.92 Å². The van der Waals surface area contributed by atoms with Gasteiger partial charge in [0, 0.05) is 75.0 Å². The molecule has 2 aliphatic rings. The monoisotopic (exact) mass is 714 g/mol. The van der Waals surface area contributed by atoms with Crippen LogP contribution in [0.2, 0.25) is 0 Å². The van der Waals surface area contributed by atoms with E-state index in [-0.39, 0.29) is 56.0 Å². The van der Waals surface area contributed by atoms with Crippen molar-refractivity contribution in [3.05, 3.63) is 40.6 Å². The first-order valence-electron chi connectivity index (χ1n) is 16.6. The molecule has 0 saturated carbocycles. The van der Waals surface area contributed by atoms with E-state index >= 15 is 0 Å². The number of carbonyl (C=O) groups is 2. The molecular formula is C33H49F3N6O6S. The van der Waals surface area contributed by atoms with E-state index in [1.807, 2.05) is 13.8 Å². The molecule has 16 heteroatoms. The molecule has 2 aromatic rings. The Morgan fingerprint density at radius 2 is 1.78 bits per heavy atom. The van der Waals surface area contributed by atoms with E-state index < -0.39 is 39.6 Å². The number of fused-ring (bicyclic) bond motifs is 1. The molecule has 1 fully saturated rings. The largest absolute Gasteiger partial charge is 0.444 e. The summed E-state index contributed by atoms with van der Waals surface area (Å²) in [5.74, 6) is -0.332. The molecule has 1 aromatic heterocycles. The van der Waals surface area contributed by atoms with Gasteiger partial charge in [0.05, 0.1) is 30.2 Å². The fourth-order valence-corrected chi connectivity index (χ4v) is 7.01. The first-order chi connectivity index (χ1) is 22.7. The molecule has 0 radical (unpaired) electrons. The van der Waals surface area contributed by atoms with Crippen molar-refractivity contribution in [2.45, 2.75) is 104 Å². The van der Waals surface area contributed by atoms with Gasteiger partial charge in [0.25, 0.3) is 0 Å². The van der Waals surface area contributed by atoms with Crippen molar-refractivity contribution >= 4 is 22.0 Å². The van der Waals surface area contributed by atoms with Gasteiger partial charge in [-0.15, -0.1) is 0 Å². The fourth-order valence-electron chi connectivity index (χ4n) is 6.22. The lowest BCUT2D eigenvalue weighted by molar-refractivity contribution is -0.138. The van der Waals surface area contributed by atoms with Crippen LogP contribution in [0.4, 0.5) is 18.0 Å². The normalized spacial score (nSPS) is 17.5. The summed E-state index contributed by atoms with van der Waals surface area (Å²) in [6.45, 7) is 10.6. The zero-order chi connectivity index (χ0) is 36.3. The molecule has 274 valence electrons. The third kappa shape index (κ3) is 10.9. The van der Waals surface area contributed by atoms with Crippen LogP contribution in [0.5, 0.6) is 0 Å². The molecule has 1 atom stereocenters. The van der Waals surface area contributed by atoms with Crippen molar-refractivity contribution < 1.29 is 41.0 Å². The number of rotatable bonds is 11. The summed E-state index contributed by atoms with van der Waals surface area (Å²) < 4.78 is 75.2. The van der Waals surface area contributed by atoms with Crippen molar-refractivity contribution in [2.75, 3.05) is 32.4 Å². The zero-order valence-electron chi connectivity index (χ0n) is 29.1. The Balaban J connectivity index is 1.54. The maximum absolute atomic E-state index is 14.0. The highest BCUT2D eigenvalue weighted by Gasteiger charge is 2.35. The maximum Gasteiger partial charge on any atom is 0.416 e. The quantitative estimate of drug-likeness (QED) is 0.318. The lowest BCUT2D eigenvalue weighted by atomic mass is 9.97. The van der Waals surface area contributed by atoms with Crippen molar-refractivity contribution in [3.8, 4) is 11.3 Å². The zero-order valence-corrected chi connectivity index (χ0v) is 29.9. The SMILES string of the molecule is CC(C)CC(=O)NCc1cc(-c2nn(CC(O)CN3CCC(NC(=O)OC(C)(C)C)CC3)c3c2CN(S(C)(=O)=O)CC3)ccc1C(F)(F)F. The molecule has 2 amide bonds. The molecule has 3 N–H and O–H groups in total. The number of aliphatic hydroxyl groups is 1. The first kappa shape index (κ1) is 38.6. The second-order valence-electron chi connectivity index (χ2n) is 14.4. The lowest BCUT2D eigenvalue weighted by Crippen LogP contribution is -2.48. The molecule has 12 nitrogen and oxygen atoms in total. The number of piperidine rings is 1. The average Bonchev–Trinajstić information content (AvgIpc) is 3.32. The minimum Gasteiger partial charge on any atom is -0.444 e.